The molecule has 5 heteroatoms. The van der Waals surface area contributed by atoms with Crippen molar-refractivity contribution in [2.75, 3.05) is 0 Å². The molecular formula is C16H18N2O3. The number of nitrogens with two attached hydrogens (primary N) is 1. The molecule has 0 fully saturated rings. The molecule has 2 aromatic carbocycles. The Kier molecular flexibility index (Phi) is 4.55. The maximum absolute atomic E-state index is 11.1. The lowest BCUT2D eigenvalue weighted by molar-refractivity contribution is -0.385. The van der Waals surface area contributed by atoms with Crippen LogP contribution in [-0.4, -0.2) is 4.92 Å². The topological polar surface area (TPSA) is 78.4 Å². The van der Waals surface area contributed by atoms with Crippen LogP contribution in [0.5, 0.6) is 11.5 Å². The fourth-order valence-corrected chi connectivity index (χ4v) is 2.07. The summed E-state index contributed by atoms with van der Waals surface area (Å²) < 4.78 is 5.78. The summed E-state index contributed by atoms with van der Waals surface area (Å²) in [6.07, 6.45) is 0.760. The van der Waals surface area contributed by atoms with Crippen LogP contribution >= 0.6 is 0 Å². The average Bonchev–Trinajstić information content (AvgIpc) is 2.47. The first kappa shape index (κ1) is 15.0. The van der Waals surface area contributed by atoms with E-state index in [2.05, 4.69) is 0 Å². The lowest BCUT2D eigenvalue weighted by Crippen LogP contribution is -2.10. The van der Waals surface area contributed by atoms with Crippen molar-refractivity contribution in [2.45, 2.75) is 26.3 Å². The van der Waals surface area contributed by atoms with Gasteiger partial charge in [-0.15, -0.1) is 0 Å². The van der Waals surface area contributed by atoms with Gasteiger partial charge in [0.15, 0.2) is 0 Å². The number of ether oxygens (including phenoxy) is 1. The van der Waals surface area contributed by atoms with Gasteiger partial charge in [-0.3, -0.25) is 10.1 Å². The van der Waals surface area contributed by atoms with Crippen LogP contribution in [0.15, 0.2) is 42.5 Å². The highest BCUT2D eigenvalue weighted by molar-refractivity contribution is 5.51. The first-order chi connectivity index (χ1) is 10.0. The zero-order chi connectivity index (χ0) is 15.4. The average molecular weight is 286 g/mol. The van der Waals surface area contributed by atoms with Gasteiger partial charge in [-0.1, -0.05) is 31.2 Å². The minimum Gasteiger partial charge on any atom is -0.450 e. The van der Waals surface area contributed by atoms with Crippen LogP contribution in [-0.2, 0) is 0 Å². The van der Waals surface area contributed by atoms with Crippen molar-refractivity contribution in [1.82, 2.24) is 0 Å². The smallest absolute Gasteiger partial charge is 0.311 e. The van der Waals surface area contributed by atoms with Gasteiger partial charge >= 0.3 is 5.69 Å². The Hall–Kier alpha value is -2.40. The van der Waals surface area contributed by atoms with Gasteiger partial charge in [-0.25, -0.2) is 0 Å². The molecule has 1 atom stereocenters. The van der Waals surface area contributed by atoms with Crippen molar-refractivity contribution >= 4 is 5.69 Å². The van der Waals surface area contributed by atoms with Crippen molar-refractivity contribution in [3.8, 4) is 11.5 Å². The Morgan fingerprint density at radius 2 is 1.95 bits per heavy atom. The minimum atomic E-state index is -0.447. The molecule has 0 aliphatic rings. The van der Waals surface area contributed by atoms with E-state index < -0.39 is 4.92 Å². The van der Waals surface area contributed by atoms with E-state index >= 15 is 0 Å². The van der Waals surface area contributed by atoms with Gasteiger partial charge in [0.25, 0.3) is 0 Å². The summed E-state index contributed by atoms with van der Waals surface area (Å²) in [5.74, 6) is 0.788. The molecule has 0 radical (unpaired) electrons. The molecule has 0 bridgehead atoms. The quantitative estimate of drug-likeness (QED) is 0.662. The molecule has 110 valence electrons. The molecule has 0 unspecified atom stereocenters. The molecule has 2 aromatic rings. The van der Waals surface area contributed by atoms with Gasteiger partial charge < -0.3 is 10.5 Å². The van der Waals surface area contributed by atoms with Gasteiger partial charge in [0.05, 0.1) is 4.92 Å². The summed E-state index contributed by atoms with van der Waals surface area (Å²) in [7, 11) is 0. The summed E-state index contributed by atoms with van der Waals surface area (Å²) in [4.78, 5) is 10.7. The standard InChI is InChI=1S/C16H18N2O3/c1-3-13(17)12-6-4-5-7-15(12)21-16-10-11(2)8-9-14(16)18(19)20/h4-10,13H,3,17H2,1-2H3/t13-/m0/s1. The van der Waals surface area contributed by atoms with Crippen molar-refractivity contribution in [3.05, 3.63) is 63.7 Å². The summed E-state index contributed by atoms with van der Waals surface area (Å²) in [6.45, 7) is 3.84. The molecule has 0 aromatic heterocycles. The highest BCUT2D eigenvalue weighted by atomic mass is 16.6. The predicted molar refractivity (Wildman–Crippen MR) is 81.6 cm³/mol. The van der Waals surface area contributed by atoms with Gasteiger partial charge in [0.1, 0.15) is 5.75 Å². The maximum atomic E-state index is 11.1. The van der Waals surface area contributed by atoms with Crippen LogP contribution in [0.3, 0.4) is 0 Å². The number of benzene rings is 2. The van der Waals surface area contributed by atoms with Crippen LogP contribution < -0.4 is 10.5 Å². The Morgan fingerprint density at radius 3 is 2.62 bits per heavy atom. The Balaban J connectivity index is 2.43. The Labute approximate surface area is 123 Å². The number of rotatable bonds is 5. The fourth-order valence-electron chi connectivity index (χ4n) is 2.07. The Morgan fingerprint density at radius 1 is 1.24 bits per heavy atom. The second-order valence-corrected chi connectivity index (χ2v) is 4.88. The zero-order valence-electron chi connectivity index (χ0n) is 12.1. The highest BCUT2D eigenvalue weighted by Crippen LogP contribution is 2.35. The van der Waals surface area contributed by atoms with Crippen LogP contribution in [0.1, 0.15) is 30.5 Å². The molecule has 0 aliphatic carbocycles. The normalized spacial score (nSPS) is 12.0. The lowest BCUT2D eigenvalue weighted by Gasteiger charge is -2.15. The number of aryl methyl sites for hydroxylation is 1. The van der Waals surface area contributed by atoms with Crippen LogP contribution in [0.25, 0.3) is 0 Å². The molecule has 2 N–H and O–H groups in total. The van der Waals surface area contributed by atoms with Crippen molar-refractivity contribution < 1.29 is 9.66 Å². The number of hydrogen-bond donors (Lipinski definition) is 1. The monoisotopic (exact) mass is 286 g/mol. The van der Waals surface area contributed by atoms with Crippen molar-refractivity contribution in [2.24, 2.45) is 5.73 Å². The van der Waals surface area contributed by atoms with Crippen molar-refractivity contribution in [3.63, 3.8) is 0 Å². The molecule has 0 aliphatic heterocycles. The third-order valence-corrected chi connectivity index (χ3v) is 3.29. The minimum absolute atomic E-state index is 0.0551. The molecule has 0 saturated carbocycles. The van der Waals surface area contributed by atoms with E-state index in [0.29, 0.717) is 5.75 Å². The molecule has 21 heavy (non-hydrogen) atoms. The van der Waals surface area contributed by atoms with E-state index in [1.165, 1.54) is 6.07 Å². The highest BCUT2D eigenvalue weighted by Gasteiger charge is 2.18. The number of para-hydroxylation sites is 1. The second kappa shape index (κ2) is 6.37. The Bertz CT molecular complexity index is 656. The molecule has 0 spiro atoms. The molecule has 0 saturated heterocycles. The maximum Gasteiger partial charge on any atom is 0.311 e. The first-order valence-electron chi connectivity index (χ1n) is 6.80. The summed E-state index contributed by atoms with van der Waals surface area (Å²) in [5, 5.41) is 11.1. The molecule has 2 rings (SSSR count). The summed E-state index contributed by atoms with van der Waals surface area (Å²) in [5.41, 5.74) is 7.75. The van der Waals surface area contributed by atoms with E-state index in [4.69, 9.17) is 10.5 Å². The predicted octanol–water partition coefficient (Wildman–Crippen LogP) is 4.11. The van der Waals surface area contributed by atoms with Crippen LogP contribution in [0, 0.1) is 17.0 Å². The van der Waals surface area contributed by atoms with E-state index in [1.54, 1.807) is 18.2 Å². The van der Waals surface area contributed by atoms with Crippen LogP contribution in [0.2, 0.25) is 0 Å². The SMILES string of the molecule is CC[C@H](N)c1ccccc1Oc1cc(C)ccc1[N+](=O)[O-]. The summed E-state index contributed by atoms with van der Waals surface area (Å²) >= 11 is 0. The van der Waals surface area contributed by atoms with Gasteiger partial charge in [0.2, 0.25) is 5.75 Å². The van der Waals surface area contributed by atoms with Gasteiger partial charge in [-0.2, -0.15) is 0 Å². The number of nitro groups is 1. The lowest BCUT2D eigenvalue weighted by atomic mass is 10.0. The number of hydrogen-bond acceptors (Lipinski definition) is 4. The number of nitro benzene ring substituents is 1. The molecule has 0 heterocycles. The van der Waals surface area contributed by atoms with E-state index in [-0.39, 0.29) is 17.5 Å². The van der Waals surface area contributed by atoms with Gasteiger partial charge in [0, 0.05) is 17.7 Å². The van der Waals surface area contributed by atoms with E-state index in [1.807, 2.05) is 32.0 Å². The zero-order valence-corrected chi connectivity index (χ0v) is 12.1. The van der Waals surface area contributed by atoms with Crippen molar-refractivity contribution in [1.29, 1.82) is 0 Å². The third kappa shape index (κ3) is 3.38. The molecular weight excluding hydrogens is 268 g/mol. The second-order valence-electron chi connectivity index (χ2n) is 4.88. The molecule has 0 amide bonds. The number of nitrogens with zero attached hydrogens (tertiary/aromatic N) is 1. The summed E-state index contributed by atoms with van der Waals surface area (Å²) in [6, 6.07) is 12.0. The largest absolute Gasteiger partial charge is 0.450 e. The van der Waals surface area contributed by atoms with Gasteiger partial charge in [-0.05, 0) is 31.0 Å². The fraction of sp³-hybridized carbons (Fsp3) is 0.250. The first-order valence-corrected chi connectivity index (χ1v) is 6.80. The van der Waals surface area contributed by atoms with Crippen LogP contribution in [0.4, 0.5) is 5.69 Å². The van der Waals surface area contributed by atoms with E-state index in [0.717, 1.165) is 17.5 Å². The molecule has 5 nitrogen and oxygen atoms in total. The third-order valence-electron chi connectivity index (χ3n) is 3.29. The van der Waals surface area contributed by atoms with E-state index in [9.17, 15) is 10.1 Å².